The summed E-state index contributed by atoms with van der Waals surface area (Å²) < 4.78 is 132. The van der Waals surface area contributed by atoms with E-state index in [-0.39, 0.29) is 36.9 Å². The van der Waals surface area contributed by atoms with Crippen molar-refractivity contribution in [1.29, 1.82) is 0 Å². The van der Waals surface area contributed by atoms with Gasteiger partial charge in [-0.25, -0.2) is 34.4 Å². The van der Waals surface area contributed by atoms with E-state index in [9.17, 15) is 42.8 Å². The zero-order valence-electron chi connectivity index (χ0n) is 20.2. The maximum Gasteiger partial charge on any atom is 0.511 e. The molecule has 0 radical (unpaired) electrons. The van der Waals surface area contributed by atoms with Crippen molar-refractivity contribution in [2.24, 2.45) is 11.3 Å². The highest BCUT2D eigenvalue weighted by Gasteiger charge is 2.48. The number of nitrogens with one attached hydrogen (secondary N) is 1. The van der Waals surface area contributed by atoms with Gasteiger partial charge >= 0.3 is 15.5 Å². The Bertz CT molecular complexity index is 1520. The molecule has 3 rings (SSSR count). The fourth-order valence-electron chi connectivity index (χ4n) is 4.28. The first-order valence-electron chi connectivity index (χ1n) is 11.2. The molecule has 38 heavy (non-hydrogen) atoms. The molecule has 0 bridgehead atoms. The van der Waals surface area contributed by atoms with Gasteiger partial charge in [-0.1, -0.05) is 37.6 Å². The molecule has 2 aromatic carbocycles. The van der Waals surface area contributed by atoms with E-state index in [1.807, 2.05) is 0 Å². The predicted molar refractivity (Wildman–Crippen MR) is 132 cm³/mol. The molecule has 1 aliphatic rings. The van der Waals surface area contributed by atoms with Crippen LogP contribution in [0.25, 0.3) is 0 Å². The zero-order chi connectivity index (χ0) is 28.7. The van der Waals surface area contributed by atoms with Gasteiger partial charge in [0.25, 0.3) is 0 Å². The Hall–Kier alpha value is -1.78. The van der Waals surface area contributed by atoms with Crippen molar-refractivity contribution in [2.45, 2.75) is 46.9 Å². The number of benzene rings is 2. The minimum atomic E-state index is -5.60. The lowest BCUT2D eigenvalue weighted by molar-refractivity contribution is -0.0453. The fraction of sp³-hybridized carbons (Fsp3) is 0.455. The van der Waals surface area contributed by atoms with Gasteiger partial charge in [-0.15, -0.1) is 0 Å². The molecule has 0 saturated carbocycles. The van der Waals surface area contributed by atoms with E-state index in [4.69, 9.17) is 11.6 Å². The van der Waals surface area contributed by atoms with E-state index in [0.717, 1.165) is 28.6 Å². The number of sulfonamides is 2. The van der Waals surface area contributed by atoms with Crippen LogP contribution in [0.15, 0.2) is 57.2 Å². The molecule has 8 nitrogen and oxygen atoms in total. The van der Waals surface area contributed by atoms with Gasteiger partial charge in [-0.2, -0.15) is 17.5 Å². The van der Waals surface area contributed by atoms with Crippen LogP contribution >= 0.6 is 11.6 Å². The minimum absolute atomic E-state index is 0.00669. The summed E-state index contributed by atoms with van der Waals surface area (Å²) in [5.74, 6) is -1.41. The van der Waals surface area contributed by atoms with Crippen molar-refractivity contribution in [3.63, 3.8) is 0 Å². The monoisotopic (exact) mass is 620 g/mol. The molecule has 1 N–H and O–H groups in total. The summed E-state index contributed by atoms with van der Waals surface area (Å²) >= 11 is 5.96. The summed E-state index contributed by atoms with van der Waals surface area (Å²) in [5, 5.41) is -0.103. The third kappa shape index (κ3) is 5.87. The van der Waals surface area contributed by atoms with Crippen LogP contribution in [-0.4, -0.2) is 54.7 Å². The van der Waals surface area contributed by atoms with Gasteiger partial charge in [0, 0.05) is 24.7 Å². The number of nitrogens with zero attached hydrogens (tertiary/aromatic N) is 1. The number of alkyl halides is 3. The molecular weight excluding hydrogens is 596 g/mol. The van der Waals surface area contributed by atoms with Crippen molar-refractivity contribution < 1.29 is 42.8 Å². The summed E-state index contributed by atoms with van der Waals surface area (Å²) in [7, 11) is -14.8. The van der Waals surface area contributed by atoms with Crippen LogP contribution in [0.4, 0.5) is 17.6 Å². The second kappa shape index (κ2) is 10.7. The second-order valence-electron chi connectivity index (χ2n) is 9.22. The van der Waals surface area contributed by atoms with Crippen LogP contribution in [0.3, 0.4) is 0 Å². The molecule has 212 valence electrons. The highest BCUT2D eigenvalue weighted by Crippen LogP contribution is 2.41. The van der Waals surface area contributed by atoms with E-state index in [0.29, 0.717) is 0 Å². The van der Waals surface area contributed by atoms with E-state index >= 15 is 0 Å². The molecule has 0 aliphatic carbocycles. The fourth-order valence-corrected chi connectivity index (χ4v) is 8.73. The summed E-state index contributed by atoms with van der Waals surface area (Å²) in [5.41, 5.74) is -6.49. The van der Waals surface area contributed by atoms with Crippen LogP contribution < -0.4 is 4.72 Å². The van der Waals surface area contributed by atoms with E-state index in [1.54, 1.807) is 18.6 Å². The lowest BCUT2D eigenvalue weighted by Crippen LogP contribution is -2.51. The van der Waals surface area contributed by atoms with Gasteiger partial charge in [0.15, 0.2) is 0 Å². The maximum atomic E-state index is 14.4. The van der Waals surface area contributed by atoms with Crippen LogP contribution in [0.1, 0.15) is 26.7 Å². The van der Waals surface area contributed by atoms with E-state index in [2.05, 4.69) is 0 Å². The molecule has 2 aromatic rings. The number of hydrogen-bond donors (Lipinski definition) is 1. The number of halogens is 5. The Labute approximate surface area is 224 Å². The van der Waals surface area contributed by atoms with Gasteiger partial charge in [0.1, 0.15) is 15.6 Å². The Morgan fingerprint density at radius 3 is 2.05 bits per heavy atom. The normalized spacial score (nSPS) is 17.6. The van der Waals surface area contributed by atoms with Crippen molar-refractivity contribution >= 4 is 41.5 Å². The lowest BCUT2D eigenvalue weighted by atomic mass is 9.70. The standard InChI is InChI=1S/C22H25ClF4N2O6S3/c1-15(2)21(14-28-38(34,35)22(25,26)27)9-11-29(12-10-21)37(32,33)19-8-7-16(23)13-20(19)36(30,31)18-6-4-3-5-17(18)24/h3-8,13,15,28H,9-12,14H2,1-2H3. The Kier molecular flexibility index (Phi) is 8.62. The maximum absolute atomic E-state index is 14.4. The third-order valence-corrected chi connectivity index (χ3v) is 12.1. The molecule has 0 atom stereocenters. The highest BCUT2D eigenvalue weighted by molar-refractivity contribution is 7.93. The molecule has 1 heterocycles. The van der Waals surface area contributed by atoms with Gasteiger partial charge < -0.3 is 0 Å². The van der Waals surface area contributed by atoms with Crippen LogP contribution in [0.5, 0.6) is 0 Å². The van der Waals surface area contributed by atoms with Crippen molar-refractivity contribution in [3.05, 3.63) is 53.3 Å². The highest BCUT2D eigenvalue weighted by atomic mass is 35.5. The third-order valence-electron chi connectivity index (χ3n) is 6.80. The SMILES string of the molecule is CC(C)C1(CNS(=O)(=O)C(F)(F)F)CCN(S(=O)(=O)c2ccc(Cl)cc2S(=O)(=O)c2ccccc2F)CC1. The molecule has 1 saturated heterocycles. The van der Waals surface area contributed by atoms with Crippen LogP contribution in [0, 0.1) is 17.2 Å². The molecule has 0 amide bonds. The first-order chi connectivity index (χ1) is 17.3. The van der Waals surface area contributed by atoms with Crippen molar-refractivity contribution in [3.8, 4) is 0 Å². The number of piperidine rings is 1. The quantitative estimate of drug-likeness (QED) is 0.443. The largest absolute Gasteiger partial charge is 0.511 e. The van der Waals surface area contributed by atoms with Crippen molar-refractivity contribution in [2.75, 3.05) is 19.6 Å². The molecule has 0 spiro atoms. The molecule has 16 heteroatoms. The summed E-state index contributed by atoms with van der Waals surface area (Å²) in [6.45, 7) is 2.36. The van der Waals surface area contributed by atoms with Gasteiger partial charge in [-0.05, 0) is 54.5 Å². The molecule has 0 aromatic heterocycles. The summed E-state index contributed by atoms with van der Waals surface area (Å²) in [6.07, 6.45) is -0.0134. The number of sulfone groups is 1. The average Bonchev–Trinajstić information content (AvgIpc) is 2.82. The van der Waals surface area contributed by atoms with E-state index < -0.39 is 67.9 Å². The van der Waals surface area contributed by atoms with E-state index in [1.165, 1.54) is 18.2 Å². The van der Waals surface area contributed by atoms with Crippen molar-refractivity contribution in [1.82, 2.24) is 9.03 Å². The first kappa shape index (κ1) is 30.8. The Morgan fingerprint density at radius 1 is 0.947 bits per heavy atom. The topological polar surface area (TPSA) is 118 Å². The zero-order valence-corrected chi connectivity index (χ0v) is 23.4. The average molecular weight is 621 g/mol. The molecule has 1 fully saturated rings. The lowest BCUT2D eigenvalue weighted by Gasteiger charge is -2.44. The molecule has 1 aliphatic heterocycles. The molecule has 0 unspecified atom stereocenters. The van der Waals surface area contributed by atoms with Gasteiger partial charge in [0.2, 0.25) is 19.9 Å². The van der Waals surface area contributed by atoms with Crippen LogP contribution in [-0.2, 0) is 29.9 Å². The van der Waals surface area contributed by atoms with Gasteiger partial charge in [0.05, 0.1) is 4.90 Å². The smallest absolute Gasteiger partial charge is 0.218 e. The van der Waals surface area contributed by atoms with Crippen LogP contribution in [0.2, 0.25) is 5.02 Å². The Morgan fingerprint density at radius 2 is 1.53 bits per heavy atom. The Balaban J connectivity index is 1.94. The minimum Gasteiger partial charge on any atom is -0.218 e. The summed E-state index contributed by atoms with van der Waals surface area (Å²) in [6, 6.07) is 7.52. The second-order valence-corrected chi connectivity index (χ2v) is 15.2. The summed E-state index contributed by atoms with van der Waals surface area (Å²) in [4.78, 5) is -2.11. The number of rotatable bonds is 8. The first-order valence-corrected chi connectivity index (χ1v) is 16.0. The van der Waals surface area contributed by atoms with Gasteiger partial charge in [-0.3, -0.25) is 0 Å². The molecular formula is C22H25ClF4N2O6S3. The number of hydrogen-bond acceptors (Lipinski definition) is 6. The predicted octanol–water partition coefficient (Wildman–Crippen LogP) is 4.18.